The number of benzene rings is 1. The van der Waals surface area contributed by atoms with Gasteiger partial charge in [0, 0.05) is 18.2 Å². The number of aromatic nitrogens is 1. The third-order valence-corrected chi connectivity index (χ3v) is 3.12. The third kappa shape index (κ3) is 3.03. The molecule has 0 fully saturated rings. The van der Waals surface area contributed by atoms with Crippen molar-refractivity contribution in [1.29, 1.82) is 5.53 Å². The molecule has 5 heteroatoms. The highest BCUT2D eigenvalue weighted by Crippen LogP contribution is 2.22. The first kappa shape index (κ1) is 13.4. The van der Waals surface area contributed by atoms with Crippen LogP contribution in [0.4, 0.5) is 0 Å². The van der Waals surface area contributed by atoms with Crippen LogP contribution in [0.2, 0.25) is 5.15 Å². The van der Waals surface area contributed by atoms with E-state index in [2.05, 4.69) is 10.1 Å². The Kier molecular flexibility index (Phi) is 4.02. The summed E-state index contributed by atoms with van der Waals surface area (Å²) in [5, 5.41) is 3.22. The Morgan fingerprint density at radius 1 is 1.42 bits per heavy atom. The first-order chi connectivity index (χ1) is 9.11. The molecule has 0 radical (unpaired) electrons. The van der Waals surface area contributed by atoms with E-state index < -0.39 is 5.91 Å². The highest BCUT2D eigenvalue weighted by atomic mass is 35.5. The van der Waals surface area contributed by atoms with Crippen LogP contribution in [0.15, 0.2) is 41.6 Å². The van der Waals surface area contributed by atoms with Crippen molar-refractivity contribution in [3.05, 3.63) is 63.9 Å². The molecule has 0 atom stereocenters. The quantitative estimate of drug-likeness (QED) is 0.683. The first-order valence-electron chi connectivity index (χ1n) is 5.72. The van der Waals surface area contributed by atoms with Gasteiger partial charge in [-0.15, -0.1) is 5.11 Å². The molecule has 4 nitrogen and oxygen atoms in total. The molecule has 0 aliphatic heterocycles. The molecule has 0 spiro atoms. The summed E-state index contributed by atoms with van der Waals surface area (Å²) in [4.78, 5) is 15.6. The number of aryl methyl sites for hydroxylation is 1. The number of nitrogens with zero attached hydrogens (tertiary/aromatic N) is 2. The van der Waals surface area contributed by atoms with E-state index in [1.807, 2.05) is 31.2 Å². The van der Waals surface area contributed by atoms with Crippen LogP contribution in [-0.2, 0) is 6.42 Å². The van der Waals surface area contributed by atoms with E-state index in [0.29, 0.717) is 17.5 Å². The van der Waals surface area contributed by atoms with Crippen LogP contribution in [0, 0.1) is 12.5 Å². The van der Waals surface area contributed by atoms with Crippen molar-refractivity contribution >= 4 is 17.5 Å². The molecule has 1 aromatic carbocycles. The summed E-state index contributed by atoms with van der Waals surface area (Å²) in [6.07, 6.45) is 1.94. The van der Waals surface area contributed by atoms with E-state index in [-0.39, 0.29) is 5.15 Å². The molecule has 0 saturated carbocycles. The van der Waals surface area contributed by atoms with E-state index >= 15 is 0 Å². The maximum atomic E-state index is 11.6. The maximum absolute atomic E-state index is 11.6. The fourth-order valence-electron chi connectivity index (χ4n) is 1.92. The lowest BCUT2D eigenvalue weighted by atomic mass is 10.0. The molecule has 19 heavy (non-hydrogen) atoms. The molecule has 1 N–H and O–H groups in total. The molecule has 2 aromatic rings. The summed E-state index contributed by atoms with van der Waals surface area (Å²) < 4.78 is 0. The molecular formula is C14H12ClN3O. The highest BCUT2D eigenvalue weighted by Gasteiger charge is 2.15. The monoisotopic (exact) mass is 273 g/mol. The average molecular weight is 274 g/mol. The molecule has 1 aromatic heterocycles. The molecule has 0 bridgehead atoms. The van der Waals surface area contributed by atoms with Crippen molar-refractivity contribution < 1.29 is 4.79 Å². The standard InChI is InChI=1S/C14H12ClN3O/c1-9-3-2-4-10(7-9)8-12-11(14(19)18-16)5-6-17-13(12)15/h2-7,16H,8H2,1H3. The van der Waals surface area contributed by atoms with Gasteiger partial charge in [-0.1, -0.05) is 41.4 Å². The minimum absolute atomic E-state index is 0.274. The van der Waals surface area contributed by atoms with Crippen molar-refractivity contribution in [2.75, 3.05) is 0 Å². The summed E-state index contributed by atoms with van der Waals surface area (Å²) in [7, 11) is 0. The molecule has 0 saturated heterocycles. The van der Waals surface area contributed by atoms with Gasteiger partial charge in [0.25, 0.3) is 5.91 Å². The second-order valence-corrected chi connectivity index (χ2v) is 4.57. The van der Waals surface area contributed by atoms with E-state index in [0.717, 1.165) is 11.1 Å². The van der Waals surface area contributed by atoms with Crippen LogP contribution in [0.3, 0.4) is 0 Å². The van der Waals surface area contributed by atoms with Gasteiger partial charge in [0.2, 0.25) is 0 Å². The van der Waals surface area contributed by atoms with Gasteiger partial charge in [0.15, 0.2) is 0 Å². The lowest BCUT2D eigenvalue weighted by Crippen LogP contribution is -2.03. The Morgan fingerprint density at radius 2 is 2.21 bits per heavy atom. The van der Waals surface area contributed by atoms with Crippen LogP contribution in [0.25, 0.3) is 0 Å². The van der Waals surface area contributed by atoms with E-state index in [9.17, 15) is 4.79 Å². The van der Waals surface area contributed by atoms with Crippen LogP contribution in [0.1, 0.15) is 27.0 Å². The predicted octanol–water partition coefficient (Wildman–Crippen LogP) is 3.81. The minimum Gasteiger partial charge on any atom is -0.265 e. The molecule has 1 amide bonds. The predicted molar refractivity (Wildman–Crippen MR) is 72.7 cm³/mol. The zero-order chi connectivity index (χ0) is 13.8. The summed E-state index contributed by atoms with van der Waals surface area (Å²) in [5.41, 5.74) is 9.95. The van der Waals surface area contributed by atoms with Crippen molar-refractivity contribution in [3.63, 3.8) is 0 Å². The Morgan fingerprint density at radius 3 is 2.89 bits per heavy atom. The Bertz CT molecular complexity index is 640. The van der Waals surface area contributed by atoms with E-state index in [4.69, 9.17) is 17.1 Å². The topological polar surface area (TPSA) is 66.2 Å². The number of pyridine rings is 1. The lowest BCUT2D eigenvalue weighted by Gasteiger charge is -2.08. The number of carbonyl (C=O) groups is 1. The summed E-state index contributed by atoms with van der Waals surface area (Å²) >= 11 is 6.05. The normalized spacial score (nSPS) is 10.2. The second kappa shape index (κ2) is 5.71. The van der Waals surface area contributed by atoms with Gasteiger partial charge in [-0.2, -0.15) is 0 Å². The maximum Gasteiger partial charge on any atom is 0.295 e. The van der Waals surface area contributed by atoms with Gasteiger partial charge in [-0.05, 0) is 18.6 Å². The second-order valence-electron chi connectivity index (χ2n) is 4.21. The fourth-order valence-corrected chi connectivity index (χ4v) is 2.15. The zero-order valence-electron chi connectivity index (χ0n) is 10.4. The van der Waals surface area contributed by atoms with Crippen LogP contribution < -0.4 is 0 Å². The third-order valence-electron chi connectivity index (χ3n) is 2.80. The van der Waals surface area contributed by atoms with Crippen LogP contribution in [0.5, 0.6) is 0 Å². The van der Waals surface area contributed by atoms with Crippen molar-refractivity contribution in [2.45, 2.75) is 13.3 Å². The number of halogens is 1. The first-order valence-corrected chi connectivity index (χ1v) is 6.10. The summed E-state index contributed by atoms with van der Waals surface area (Å²) in [6.45, 7) is 2.00. The van der Waals surface area contributed by atoms with E-state index in [1.165, 1.54) is 12.3 Å². The van der Waals surface area contributed by atoms with Crippen molar-refractivity contribution in [3.8, 4) is 0 Å². The smallest absolute Gasteiger partial charge is 0.265 e. The molecule has 0 unspecified atom stereocenters. The minimum atomic E-state index is -0.605. The fraction of sp³-hybridized carbons (Fsp3) is 0.143. The van der Waals surface area contributed by atoms with Gasteiger partial charge in [-0.25, -0.2) is 10.5 Å². The van der Waals surface area contributed by atoms with Gasteiger partial charge in [0.1, 0.15) is 5.15 Å². The number of rotatable bonds is 3. The largest absolute Gasteiger partial charge is 0.295 e. The van der Waals surface area contributed by atoms with Gasteiger partial charge in [-0.3, -0.25) is 4.79 Å². The van der Waals surface area contributed by atoms with Gasteiger partial charge < -0.3 is 0 Å². The SMILES string of the molecule is Cc1cccc(Cc2c(C(=O)N=N)ccnc2Cl)c1. The summed E-state index contributed by atoms with van der Waals surface area (Å²) in [6, 6.07) is 9.47. The van der Waals surface area contributed by atoms with Crippen LogP contribution in [-0.4, -0.2) is 10.9 Å². The molecule has 96 valence electrons. The number of carbonyl (C=O) groups excluding carboxylic acids is 1. The molecule has 0 aliphatic carbocycles. The number of hydrogen-bond donors (Lipinski definition) is 1. The van der Waals surface area contributed by atoms with Crippen LogP contribution >= 0.6 is 11.6 Å². The Balaban J connectivity index is 2.44. The average Bonchev–Trinajstić information content (AvgIpc) is 2.40. The molecule has 1 heterocycles. The molecule has 2 rings (SSSR count). The van der Waals surface area contributed by atoms with E-state index in [1.54, 1.807) is 0 Å². The summed E-state index contributed by atoms with van der Waals surface area (Å²) in [5.74, 6) is -0.605. The number of amides is 1. The molecule has 0 aliphatic rings. The molecular weight excluding hydrogens is 262 g/mol. The Labute approximate surface area is 116 Å². The number of hydrogen-bond acceptors (Lipinski definition) is 3. The zero-order valence-corrected chi connectivity index (χ0v) is 11.1. The lowest BCUT2D eigenvalue weighted by molar-refractivity contribution is 0.0990. The van der Waals surface area contributed by atoms with Crippen molar-refractivity contribution in [1.82, 2.24) is 4.98 Å². The number of nitrogens with one attached hydrogen (secondary N) is 1. The van der Waals surface area contributed by atoms with Gasteiger partial charge in [0.05, 0.1) is 5.56 Å². The van der Waals surface area contributed by atoms with Gasteiger partial charge >= 0.3 is 0 Å². The highest BCUT2D eigenvalue weighted by molar-refractivity contribution is 6.30. The Hall–Kier alpha value is -2.07. The van der Waals surface area contributed by atoms with Crippen molar-refractivity contribution in [2.24, 2.45) is 5.11 Å².